The first-order valence-corrected chi connectivity index (χ1v) is 7.06. The minimum Gasteiger partial charge on any atom is -0.387 e. The van der Waals surface area contributed by atoms with Gasteiger partial charge < -0.3 is 20.3 Å². The molecule has 0 saturated heterocycles. The lowest BCUT2D eigenvalue weighted by atomic mass is 10.1. The summed E-state index contributed by atoms with van der Waals surface area (Å²) in [5.41, 5.74) is 1.06. The Hall–Kier alpha value is -1.85. The summed E-state index contributed by atoms with van der Waals surface area (Å²) < 4.78 is 0. The van der Waals surface area contributed by atoms with Crippen molar-refractivity contribution in [2.75, 3.05) is 27.2 Å². The van der Waals surface area contributed by atoms with E-state index in [4.69, 9.17) is 0 Å². The van der Waals surface area contributed by atoms with Crippen molar-refractivity contribution >= 4 is 16.8 Å². The van der Waals surface area contributed by atoms with Crippen LogP contribution in [0.5, 0.6) is 0 Å². The number of likely N-dealkylation sites (N-methyl/N-ethyl adjacent to an activating group) is 1. The molecular formula is C16H23N3O2. The average molecular weight is 289 g/mol. The molecule has 1 aromatic heterocycles. The molecule has 0 aliphatic carbocycles. The minimum absolute atomic E-state index is 0.0845. The summed E-state index contributed by atoms with van der Waals surface area (Å²) in [6.45, 7) is 2.46. The third-order valence-electron chi connectivity index (χ3n) is 3.35. The first-order chi connectivity index (χ1) is 9.87. The van der Waals surface area contributed by atoms with Crippen LogP contribution in [0.2, 0.25) is 0 Å². The van der Waals surface area contributed by atoms with Crippen LogP contribution in [-0.4, -0.2) is 53.7 Å². The topological polar surface area (TPSA) is 68.4 Å². The lowest BCUT2D eigenvalue weighted by molar-refractivity contribution is -0.121. The van der Waals surface area contributed by atoms with Gasteiger partial charge in [-0.2, -0.15) is 0 Å². The van der Waals surface area contributed by atoms with Gasteiger partial charge in [-0.3, -0.25) is 4.79 Å². The Kier molecular flexibility index (Phi) is 4.65. The van der Waals surface area contributed by atoms with Crippen molar-refractivity contribution in [2.45, 2.75) is 18.9 Å². The Morgan fingerprint density at radius 3 is 2.81 bits per heavy atom. The number of nitrogens with one attached hydrogen (secondary N) is 2. The molecule has 1 heterocycles. The number of fused-ring (bicyclic) bond motifs is 1. The highest BCUT2D eigenvalue weighted by Gasteiger charge is 2.22. The Morgan fingerprint density at radius 2 is 2.10 bits per heavy atom. The number of carbonyl (C=O) groups is 1. The molecule has 21 heavy (non-hydrogen) atoms. The van der Waals surface area contributed by atoms with Crippen LogP contribution in [-0.2, 0) is 11.2 Å². The summed E-state index contributed by atoms with van der Waals surface area (Å²) in [6, 6.07) is 7.90. The number of aromatic nitrogens is 1. The van der Waals surface area contributed by atoms with Gasteiger partial charge in [0.1, 0.15) is 0 Å². The molecule has 0 bridgehead atoms. The summed E-state index contributed by atoms with van der Waals surface area (Å²) >= 11 is 0. The average Bonchev–Trinajstić information content (AvgIpc) is 2.79. The molecule has 1 aromatic carbocycles. The van der Waals surface area contributed by atoms with E-state index in [-0.39, 0.29) is 12.5 Å². The second kappa shape index (κ2) is 6.28. The number of benzene rings is 1. The largest absolute Gasteiger partial charge is 0.387 e. The molecular weight excluding hydrogens is 266 g/mol. The van der Waals surface area contributed by atoms with E-state index < -0.39 is 5.60 Å². The van der Waals surface area contributed by atoms with Crippen LogP contribution in [0.3, 0.4) is 0 Å². The summed E-state index contributed by atoms with van der Waals surface area (Å²) in [4.78, 5) is 17.1. The monoisotopic (exact) mass is 289 g/mol. The fourth-order valence-corrected chi connectivity index (χ4v) is 2.54. The van der Waals surface area contributed by atoms with Crippen molar-refractivity contribution in [3.63, 3.8) is 0 Å². The van der Waals surface area contributed by atoms with E-state index in [1.165, 1.54) is 0 Å². The third kappa shape index (κ3) is 4.31. The predicted molar refractivity (Wildman–Crippen MR) is 84.2 cm³/mol. The number of H-pyrrole nitrogens is 1. The number of para-hydroxylation sites is 1. The van der Waals surface area contributed by atoms with Gasteiger partial charge in [-0.25, -0.2) is 0 Å². The molecule has 0 radical (unpaired) electrons. The number of aromatic amines is 1. The number of hydrogen-bond acceptors (Lipinski definition) is 3. The van der Waals surface area contributed by atoms with Gasteiger partial charge in [0.15, 0.2) is 0 Å². The van der Waals surface area contributed by atoms with Crippen molar-refractivity contribution < 1.29 is 9.90 Å². The van der Waals surface area contributed by atoms with E-state index in [1.54, 1.807) is 6.92 Å². The number of aliphatic hydroxyl groups is 1. The van der Waals surface area contributed by atoms with Gasteiger partial charge in [-0.15, -0.1) is 0 Å². The molecule has 0 fully saturated rings. The normalized spacial score (nSPS) is 14.3. The zero-order chi connectivity index (χ0) is 15.5. The van der Waals surface area contributed by atoms with Gasteiger partial charge >= 0.3 is 0 Å². The zero-order valence-corrected chi connectivity index (χ0v) is 12.8. The fourth-order valence-electron chi connectivity index (χ4n) is 2.54. The quantitative estimate of drug-likeness (QED) is 0.747. The Morgan fingerprint density at radius 1 is 1.38 bits per heavy atom. The van der Waals surface area contributed by atoms with Gasteiger partial charge in [0, 0.05) is 30.2 Å². The molecule has 1 unspecified atom stereocenters. The van der Waals surface area contributed by atoms with E-state index in [0.29, 0.717) is 13.0 Å². The van der Waals surface area contributed by atoms with E-state index in [0.717, 1.165) is 16.5 Å². The van der Waals surface area contributed by atoms with Crippen LogP contribution in [0.1, 0.15) is 12.5 Å². The molecule has 2 rings (SSSR count). The molecule has 1 atom stereocenters. The lowest BCUT2D eigenvalue weighted by Gasteiger charge is -2.27. The van der Waals surface area contributed by atoms with Gasteiger partial charge in [-0.05, 0) is 32.6 Å². The van der Waals surface area contributed by atoms with E-state index in [9.17, 15) is 9.90 Å². The molecule has 0 aliphatic rings. The molecule has 2 aromatic rings. The SMILES string of the molecule is CN(C)CC(C)(O)CNC(=O)Cc1c[nH]c2ccccc12. The molecule has 5 heteroatoms. The first kappa shape index (κ1) is 15.5. The standard InChI is InChI=1S/C16H23N3O2/c1-16(21,11-19(2)3)10-18-15(20)8-12-9-17-14-7-5-4-6-13(12)14/h4-7,9,17,21H,8,10-11H2,1-3H3,(H,18,20). The fraction of sp³-hybridized carbons (Fsp3) is 0.438. The van der Waals surface area contributed by atoms with Crippen molar-refractivity contribution in [3.8, 4) is 0 Å². The van der Waals surface area contributed by atoms with Crippen LogP contribution in [0, 0.1) is 0 Å². The van der Waals surface area contributed by atoms with E-state index >= 15 is 0 Å². The highest BCUT2D eigenvalue weighted by molar-refractivity contribution is 5.88. The Balaban J connectivity index is 1.93. The zero-order valence-electron chi connectivity index (χ0n) is 12.8. The minimum atomic E-state index is -0.931. The first-order valence-electron chi connectivity index (χ1n) is 7.06. The molecule has 1 amide bonds. The number of rotatable bonds is 6. The maximum Gasteiger partial charge on any atom is 0.224 e. The van der Waals surface area contributed by atoms with Crippen molar-refractivity contribution in [3.05, 3.63) is 36.0 Å². The van der Waals surface area contributed by atoms with Crippen molar-refractivity contribution in [2.24, 2.45) is 0 Å². The second-order valence-electron chi connectivity index (χ2n) is 6.05. The van der Waals surface area contributed by atoms with Gasteiger partial charge in [-0.1, -0.05) is 18.2 Å². The molecule has 0 saturated carbocycles. The van der Waals surface area contributed by atoms with Crippen LogP contribution in [0.4, 0.5) is 0 Å². The Labute approximate surface area is 125 Å². The number of carbonyl (C=O) groups excluding carboxylic acids is 1. The van der Waals surface area contributed by atoms with Crippen molar-refractivity contribution in [1.82, 2.24) is 15.2 Å². The summed E-state index contributed by atoms with van der Waals surface area (Å²) in [5, 5.41) is 14.0. The molecule has 0 aliphatic heterocycles. The van der Waals surface area contributed by atoms with E-state index in [1.807, 2.05) is 49.5 Å². The van der Waals surface area contributed by atoms with Gasteiger partial charge in [0.25, 0.3) is 0 Å². The maximum atomic E-state index is 12.0. The Bertz CT molecular complexity index is 617. The third-order valence-corrected chi connectivity index (χ3v) is 3.35. The molecule has 5 nitrogen and oxygen atoms in total. The molecule has 114 valence electrons. The van der Waals surface area contributed by atoms with Gasteiger partial charge in [0.05, 0.1) is 12.0 Å². The van der Waals surface area contributed by atoms with Crippen LogP contribution in [0.15, 0.2) is 30.5 Å². The summed E-state index contributed by atoms with van der Waals surface area (Å²) in [7, 11) is 3.78. The lowest BCUT2D eigenvalue weighted by Crippen LogP contribution is -2.47. The summed E-state index contributed by atoms with van der Waals surface area (Å²) in [6.07, 6.45) is 2.17. The summed E-state index contributed by atoms with van der Waals surface area (Å²) in [5.74, 6) is -0.0845. The van der Waals surface area contributed by atoms with Crippen LogP contribution >= 0.6 is 0 Å². The van der Waals surface area contributed by atoms with Crippen LogP contribution < -0.4 is 5.32 Å². The van der Waals surface area contributed by atoms with E-state index in [2.05, 4.69) is 10.3 Å². The highest BCUT2D eigenvalue weighted by atomic mass is 16.3. The number of hydrogen-bond donors (Lipinski definition) is 3. The number of nitrogens with zero attached hydrogens (tertiary/aromatic N) is 1. The molecule has 3 N–H and O–H groups in total. The second-order valence-corrected chi connectivity index (χ2v) is 6.05. The predicted octanol–water partition coefficient (Wildman–Crippen LogP) is 1.14. The maximum absolute atomic E-state index is 12.0. The smallest absolute Gasteiger partial charge is 0.224 e. The van der Waals surface area contributed by atoms with Crippen molar-refractivity contribution in [1.29, 1.82) is 0 Å². The molecule has 0 spiro atoms. The van der Waals surface area contributed by atoms with Gasteiger partial charge in [0.2, 0.25) is 5.91 Å². The number of amides is 1. The van der Waals surface area contributed by atoms with Crippen LogP contribution in [0.25, 0.3) is 10.9 Å². The highest BCUT2D eigenvalue weighted by Crippen LogP contribution is 2.18.